The molecule has 27 heavy (non-hydrogen) atoms. The number of rotatable bonds is 2. The van der Waals surface area contributed by atoms with Gasteiger partial charge in [0.15, 0.2) is 5.76 Å². The van der Waals surface area contributed by atoms with Gasteiger partial charge in [-0.15, -0.1) is 0 Å². The number of allylic oxidation sites excluding steroid dienone is 2. The van der Waals surface area contributed by atoms with Crippen LogP contribution >= 0.6 is 0 Å². The number of aliphatic hydroxyl groups is 1. The molecule has 0 bridgehead atoms. The monoisotopic (exact) mass is 378 g/mol. The molecular formula is C21H30O6. The summed E-state index contributed by atoms with van der Waals surface area (Å²) in [5.41, 5.74) is -1.25. The van der Waals surface area contributed by atoms with Gasteiger partial charge in [0.25, 0.3) is 0 Å². The normalized spacial score (nSPS) is 51.6. The lowest BCUT2D eigenvalue weighted by Gasteiger charge is -2.67. The second kappa shape index (κ2) is 6.05. The smallest absolute Gasteiger partial charge is 0.306 e. The Morgan fingerprint density at radius 1 is 1.26 bits per heavy atom. The van der Waals surface area contributed by atoms with Gasteiger partial charge in [0, 0.05) is 30.3 Å². The molecule has 6 nitrogen and oxygen atoms in total. The van der Waals surface area contributed by atoms with E-state index >= 15 is 0 Å². The molecule has 0 aromatic carbocycles. The Morgan fingerprint density at radius 2 is 1.96 bits per heavy atom. The Balaban J connectivity index is 1.90. The summed E-state index contributed by atoms with van der Waals surface area (Å²) in [6.07, 6.45) is 1.95. The first kappa shape index (κ1) is 18.9. The van der Waals surface area contributed by atoms with Crippen LogP contribution < -0.4 is 0 Å². The van der Waals surface area contributed by atoms with Crippen LogP contribution in [0.25, 0.3) is 0 Å². The topological polar surface area (TPSA) is 82.1 Å². The number of carbonyl (C=O) groups is 2. The van der Waals surface area contributed by atoms with Crippen molar-refractivity contribution in [2.24, 2.45) is 34.5 Å². The maximum atomic E-state index is 13.5. The highest BCUT2D eigenvalue weighted by Gasteiger charge is 2.72. The second-order valence-electron chi connectivity index (χ2n) is 9.24. The van der Waals surface area contributed by atoms with Crippen molar-refractivity contribution in [1.82, 2.24) is 0 Å². The summed E-state index contributed by atoms with van der Waals surface area (Å²) in [7, 11) is 3.11. The molecule has 9 unspecified atom stereocenters. The molecule has 3 aliphatic carbocycles. The van der Waals surface area contributed by atoms with Crippen LogP contribution in [0.3, 0.4) is 0 Å². The highest BCUT2D eigenvalue weighted by atomic mass is 16.5. The number of aliphatic hydroxyl groups excluding tert-OH is 1. The number of esters is 1. The number of hydrogen-bond acceptors (Lipinski definition) is 6. The Kier molecular flexibility index (Phi) is 4.24. The van der Waals surface area contributed by atoms with E-state index in [-0.39, 0.29) is 41.5 Å². The van der Waals surface area contributed by atoms with E-state index in [1.807, 2.05) is 19.9 Å². The van der Waals surface area contributed by atoms with E-state index in [1.54, 1.807) is 7.11 Å². The van der Waals surface area contributed by atoms with Gasteiger partial charge in [0.1, 0.15) is 6.10 Å². The zero-order valence-electron chi connectivity index (χ0n) is 16.7. The van der Waals surface area contributed by atoms with E-state index in [0.29, 0.717) is 25.0 Å². The zero-order chi connectivity index (χ0) is 19.7. The number of carbonyl (C=O) groups excluding carboxylic acids is 2. The molecule has 1 N–H and O–H groups in total. The Morgan fingerprint density at radius 3 is 2.59 bits per heavy atom. The fourth-order valence-electron chi connectivity index (χ4n) is 7.12. The zero-order valence-corrected chi connectivity index (χ0v) is 16.7. The third kappa shape index (κ3) is 2.20. The first-order valence-electron chi connectivity index (χ1n) is 9.90. The van der Waals surface area contributed by atoms with Crippen molar-refractivity contribution < 1.29 is 28.9 Å². The lowest BCUT2D eigenvalue weighted by molar-refractivity contribution is -0.277. The highest BCUT2D eigenvalue weighted by Crippen LogP contribution is 2.67. The van der Waals surface area contributed by atoms with E-state index in [4.69, 9.17) is 14.2 Å². The summed E-state index contributed by atoms with van der Waals surface area (Å²) in [5, 5.41) is 11.4. The summed E-state index contributed by atoms with van der Waals surface area (Å²) < 4.78 is 16.9. The van der Waals surface area contributed by atoms with E-state index in [2.05, 4.69) is 6.92 Å². The van der Waals surface area contributed by atoms with Gasteiger partial charge in [-0.05, 0) is 36.7 Å². The minimum Gasteiger partial charge on any atom is -0.493 e. The molecule has 0 spiro atoms. The molecule has 1 heterocycles. The van der Waals surface area contributed by atoms with E-state index < -0.39 is 23.0 Å². The van der Waals surface area contributed by atoms with Gasteiger partial charge < -0.3 is 19.3 Å². The molecular weight excluding hydrogens is 348 g/mol. The molecule has 150 valence electrons. The molecule has 1 aliphatic heterocycles. The van der Waals surface area contributed by atoms with Crippen LogP contribution in [0.1, 0.15) is 40.0 Å². The van der Waals surface area contributed by atoms with Gasteiger partial charge in [-0.25, -0.2) is 0 Å². The average molecular weight is 378 g/mol. The van der Waals surface area contributed by atoms with E-state index in [9.17, 15) is 14.7 Å². The standard InChI is InChI=1S/C21H30O6/c1-10-12-9-15(22)27-14-8-11-6-7-13(25-4)19(24)20(11,2)18(21(12,14)3)16(23)17(10)26-5/h7,10-12,14,16-18,23H,6,8-9H2,1-5H3. The number of ketones is 1. The van der Waals surface area contributed by atoms with E-state index in [0.717, 1.165) is 0 Å². The van der Waals surface area contributed by atoms with Crippen molar-refractivity contribution in [3.8, 4) is 0 Å². The third-order valence-corrected chi connectivity index (χ3v) is 8.44. The molecule has 3 fully saturated rings. The first-order chi connectivity index (χ1) is 12.7. The predicted octanol–water partition coefficient (Wildman–Crippen LogP) is 2.10. The molecule has 1 saturated heterocycles. The predicted molar refractivity (Wildman–Crippen MR) is 96.5 cm³/mol. The van der Waals surface area contributed by atoms with Crippen LogP contribution in [-0.4, -0.2) is 49.4 Å². The maximum absolute atomic E-state index is 13.5. The van der Waals surface area contributed by atoms with Gasteiger partial charge in [-0.2, -0.15) is 0 Å². The van der Waals surface area contributed by atoms with Crippen LogP contribution in [0.2, 0.25) is 0 Å². The first-order valence-corrected chi connectivity index (χ1v) is 9.90. The summed E-state index contributed by atoms with van der Waals surface area (Å²) in [5.74, 6) is -0.218. The quantitative estimate of drug-likeness (QED) is 0.741. The lowest BCUT2D eigenvalue weighted by atomic mass is 9.39. The van der Waals surface area contributed by atoms with Crippen molar-refractivity contribution in [2.75, 3.05) is 14.2 Å². The summed E-state index contributed by atoms with van der Waals surface area (Å²) in [4.78, 5) is 25.8. The molecule has 9 atom stereocenters. The molecule has 0 aromatic heterocycles. The average Bonchev–Trinajstić information content (AvgIpc) is 2.61. The van der Waals surface area contributed by atoms with Gasteiger partial charge in [-0.1, -0.05) is 20.8 Å². The second-order valence-corrected chi connectivity index (χ2v) is 9.24. The van der Waals surface area contributed by atoms with Crippen LogP contribution in [0, 0.1) is 34.5 Å². The molecule has 4 aliphatic rings. The maximum Gasteiger partial charge on any atom is 0.306 e. The minimum absolute atomic E-state index is 0.000845. The molecule has 2 saturated carbocycles. The summed E-state index contributed by atoms with van der Waals surface area (Å²) in [6.45, 7) is 6.11. The third-order valence-electron chi connectivity index (χ3n) is 8.44. The fourth-order valence-corrected chi connectivity index (χ4v) is 7.12. The largest absolute Gasteiger partial charge is 0.493 e. The van der Waals surface area contributed by atoms with Gasteiger partial charge in [0.2, 0.25) is 5.78 Å². The van der Waals surface area contributed by atoms with Crippen molar-refractivity contribution in [2.45, 2.75) is 58.3 Å². The summed E-state index contributed by atoms with van der Waals surface area (Å²) >= 11 is 0. The molecule has 6 heteroatoms. The fraction of sp³-hybridized carbons (Fsp3) is 0.810. The number of methoxy groups -OCH3 is 2. The number of Topliss-reactive ketones (excluding diaryl/α,β-unsaturated/α-hetero) is 1. The van der Waals surface area contributed by atoms with Crippen molar-refractivity contribution in [3.05, 3.63) is 11.8 Å². The van der Waals surface area contributed by atoms with Crippen LogP contribution in [0.5, 0.6) is 0 Å². The van der Waals surface area contributed by atoms with Crippen molar-refractivity contribution >= 4 is 11.8 Å². The molecule has 4 rings (SSSR count). The summed E-state index contributed by atoms with van der Waals surface area (Å²) in [6, 6.07) is 0. The molecule has 0 amide bonds. The minimum atomic E-state index is -0.807. The SMILES string of the molecule is COC1=CCC2CC3OC(=O)CC4C(C)C(OC)C(O)C(C2(C)C1=O)C34C. The Hall–Kier alpha value is -1.40. The number of fused-ring (bicyclic) bond motifs is 2. The molecule has 0 radical (unpaired) electrons. The highest BCUT2D eigenvalue weighted by molar-refractivity contribution is 5.99. The van der Waals surface area contributed by atoms with Crippen molar-refractivity contribution in [3.63, 3.8) is 0 Å². The molecule has 0 aromatic rings. The van der Waals surface area contributed by atoms with Crippen molar-refractivity contribution in [1.29, 1.82) is 0 Å². The number of ether oxygens (including phenoxy) is 3. The van der Waals surface area contributed by atoms with Gasteiger partial charge >= 0.3 is 5.97 Å². The van der Waals surface area contributed by atoms with Crippen LogP contribution in [-0.2, 0) is 23.8 Å². The van der Waals surface area contributed by atoms with E-state index in [1.165, 1.54) is 7.11 Å². The Bertz CT molecular complexity index is 701. The lowest BCUT2D eigenvalue weighted by Crippen LogP contribution is -2.73. The van der Waals surface area contributed by atoms with Crippen LogP contribution in [0.4, 0.5) is 0 Å². The van der Waals surface area contributed by atoms with Gasteiger partial charge in [0.05, 0.1) is 19.3 Å². The number of hydrogen-bond donors (Lipinski definition) is 1. The van der Waals surface area contributed by atoms with Gasteiger partial charge in [-0.3, -0.25) is 9.59 Å². The van der Waals surface area contributed by atoms with Crippen LogP contribution in [0.15, 0.2) is 11.8 Å². The Labute approximate surface area is 160 Å².